The number of carbonyl (C=O) groups excluding carboxylic acids is 1. The van der Waals surface area contributed by atoms with Gasteiger partial charge in [-0.15, -0.1) is 11.8 Å². The quantitative estimate of drug-likeness (QED) is 0.694. The lowest BCUT2D eigenvalue weighted by Gasteiger charge is -2.13. The Morgan fingerprint density at radius 2 is 2.00 bits per heavy atom. The second-order valence-corrected chi connectivity index (χ2v) is 4.59. The third-order valence-corrected chi connectivity index (χ3v) is 2.77. The minimum Gasteiger partial charge on any atom is -0.481 e. The molecule has 0 aliphatic rings. The molecular weight excluding hydrogens is 190 g/mol. The van der Waals surface area contributed by atoms with Crippen LogP contribution in [0.25, 0.3) is 0 Å². The molecule has 0 radical (unpaired) electrons. The largest absolute Gasteiger partial charge is 0.481 e. The van der Waals surface area contributed by atoms with Gasteiger partial charge in [0.25, 0.3) is 0 Å². The smallest absolute Gasteiger partial charge is 0.304 e. The number of hydrogen-bond acceptors (Lipinski definition) is 3. The molecule has 0 rings (SSSR count). The molecule has 0 aromatic heterocycles. The van der Waals surface area contributed by atoms with E-state index in [-0.39, 0.29) is 22.8 Å². The molecular formula is C8H15NO3S. The number of carboxylic acid groups (broad SMARTS) is 1. The zero-order valence-corrected chi connectivity index (χ0v) is 8.85. The van der Waals surface area contributed by atoms with Crippen molar-refractivity contribution in [3.63, 3.8) is 0 Å². The van der Waals surface area contributed by atoms with Gasteiger partial charge in [-0.3, -0.25) is 9.59 Å². The van der Waals surface area contributed by atoms with Gasteiger partial charge in [0.05, 0.1) is 11.7 Å². The van der Waals surface area contributed by atoms with Gasteiger partial charge < -0.3 is 10.4 Å². The molecule has 13 heavy (non-hydrogen) atoms. The highest BCUT2D eigenvalue weighted by Crippen LogP contribution is 2.19. The third kappa shape index (κ3) is 5.52. The highest BCUT2D eigenvalue weighted by atomic mass is 32.2. The Bertz CT molecular complexity index is 196. The summed E-state index contributed by atoms with van der Waals surface area (Å²) in [6.45, 7) is 3.57. The number of rotatable bonds is 5. The predicted molar refractivity (Wildman–Crippen MR) is 52.8 cm³/mol. The summed E-state index contributed by atoms with van der Waals surface area (Å²) in [6.07, 6.45) is 0.0893. The van der Waals surface area contributed by atoms with Crippen LogP contribution in [-0.2, 0) is 9.59 Å². The van der Waals surface area contributed by atoms with Crippen molar-refractivity contribution in [1.82, 2.24) is 5.32 Å². The van der Waals surface area contributed by atoms with Crippen molar-refractivity contribution in [1.29, 1.82) is 0 Å². The minimum atomic E-state index is -0.830. The van der Waals surface area contributed by atoms with Crippen molar-refractivity contribution >= 4 is 23.6 Å². The summed E-state index contributed by atoms with van der Waals surface area (Å²) in [5.74, 6) is -0.897. The van der Waals surface area contributed by atoms with Gasteiger partial charge in [0.1, 0.15) is 0 Å². The number of nitrogens with one attached hydrogen (secondary N) is 1. The molecule has 5 heteroatoms. The van der Waals surface area contributed by atoms with Crippen LogP contribution in [0.5, 0.6) is 0 Å². The molecule has 2 N–H and O–H groups in total. The molecule has 0 aliphatic heterocycles. The topological polar surface area (TPSA) is 66.4 Å². The van der Waals surface area contributed by atoms with Crippen LogP contribution in [0.4, 0.5) is 0 Å². The zero-order chi connectivity index (χ0) is 10.4. The van der Waals surface area contributed by atoms with Gasteiger partial charge in [-0.25, -0.2) is 0 Å². The van der Waals surface area contributed by atoms with E-state index in [0.717, 1.165) is 0 Å². The van der Waals surface area contributed by atoms with E-state index < -0.39 is 5.97 Å². The van der Waals surface area contributed by atoms with Gasteiger partial charge in [-0.2, -0.15) is 0 Å². The van der Waals surface area contributed by atoms with Crippen molar-refractivity contribution in [3.05, 3.63) is 0 Å². The second kappa shape index (κ2) is 5.85. The Morgan fingerprint density at radius 1 is 1.46 bits per heavy atom. The van der Waals surface area contributed by atoms with Crippen molar-refractivity contribution in [2.24, 2.45) is 0 Å². The summed E-state index contributed by atoms with van der Waals surface area (Å²) in [5.41, 5.74) is 0. The monoisotopic (exact) mass is 205 g/mol. The molecule has 0 heterocycles. The lowest BCUT2D eigenvalue weighted by atomic mass is 10.3. The lowest BCUT2D eigenvalue weighted by Crippen LogP contribution is -2.28. The van der Waals surface area contributed by atoms with Gasteiger partial charge in [0.15, 0.2) is 0 Å². The average Bonchev–Trinajstić information content (AvgIpc) is 2.01. The molecule has 0 saturated carbocycles. The molecule has 0 fully saturated rings. The van der Waals surface area contributed by atoms with Crippen LogP contribution in [0.15, 0.2) is 0 Å². The van der Waals surface area contributed by atoms with Gasteiger partial charge in [-0.05, 0) is 6.92 Å². The summed E-state index contributed by atoms with van der Waals surface area (Å²) in [4.78, 5) is 21.4. The Kier molecular flexibility index (Phi) is 5.53. The predicted octanol–water partition coefficient (Wildman–Crippen LogP) is 0.717. The van der Waals surface area contributed by atoms with E-state index in [1.54, 1.807) is 20.9 Å². The van der Waals surface area contributed by atoms with Crippen LogP contribution in [0.3, 0.4) is 0 Å². The first-order valence-corrected chi connectivity index (χ1v) is 5.00. The normalized spacial score (nSPS) is 14.7. The fourth-order valence-corrected chi connectivity index (χ4v) is 2.08. The molecule has 4 nitrogen and oxygen atoms in total. The van der Waals surface area contributed by atoms with E-state index in [2.05, 4.69) is 5.32 Å². The minimum absolute atomic E-state index is 0.0372. The molecule has 1 amide bonds. The molecule has 0 spiro atoms. The lowest BCUT2D eigenvalue weighted by molar-refractivity contribution is -0.136. The van der Waals surface area contributed by atoms with Gasteiger partial charge in [0.2, 0.25) is 5.91 Å². The molecule has 0 aromatic rings. The number of thioether (sulfide) groups is 1. The fraction of sp³-hybridized carbons (Fsp3) is 0.750. The number of hydrogen-bond donors (Lipinski definition) is 2. The van der Waals surface area contributed by atoms with E-state index in [0.29, 0.717) is 0 Å². The van der Waals surface area contributed by atoms with Crippen molar-refractivity contribution in [2.45, 2.75) is 30.8 Å². The van der Waals surface area contributed by atoms with Crippen LogP contribution in [-0.4, -0.2) is 34.5 Å². The van der Waals surface area contributed by atoms with Gasteiger partial charge in [-0.1, -0.05) is 6.92 Å². The maximum Gasteiger partial charge on any atom is 0.304 e. The summed E-state index contributed by atoms with van der Waals surface area (Å²) < 4.78 is 0. The first-order chi connectivity index (χ1) is 5.97. The summed E-state index contributed by atoms with van der Waals surface area (Å²) in [6, 6.07) is 0. The summed E-state index contributed by atoms with van der Waals surface area (Å²) in [7, 11) is 1.57. The summed E-state index contributed by atoms with van der Waals surface area (Å²) in [5, 5.41) is 10.8. The fourth-order valence-electron chi connectivity index (χ4n) is 0.908. The SMILES string of the molecule is CNC(=O)C(C)SC(C)CC(=O)O. The van der Waals surface area contributed by atoms with Crippen LogP contribution >= 0.6 is 11.8 Å². The highest BCUT2D eigenvalue weighted by molar-refractivity contribution is 8.01. The molecule has 2 atom stereocenters. The van der Waals surface area contributed by atoms with Gasteiger partial charge in [0, 0.05) is 12.3 Å². The van der Waals surface area contributed by atoms with E-state index in [9.17, 15) is 9.59 Å². The molecule has 0 saturated heterocycles. The zero-order valence-electron chi connectivity index (χ0n) is 8.03. The Labute approximate surface area is 82.1 Å². The number of aliphatic carboxylic acids is 1. The molecule has 0 aromatic carbocycles. The first kappa shape index (κ1) is 12.3. The molecule has 2 unspecified atom stereocenters. The third-order valence-electron chi connectivity index (χ3n) is 1.51. The number of carbonyl (C=O) groups is 2. The number of amides is 1. The number of carboxylic acids is 1. The van der Waals surface area contributed by atoms with Gasteiger partial charge >= 0.3 is 5.97 Å². The second-order valence-electron chi connectivity index (χ2n) is 2.80. The van der Waals surface area contributed by atoms with Crippen LogP contribution in [0.2, 0.25) is 0 Å². The summed E-state index contributed by atoms with van der Waals surface area (Å²) >= 11 is 1.37. The Balaban J connectivity index is 3.83. The average molecular weight is 205 g/mol. The van der Waals surface area contributed by atoms with E-state index >= 15 is 0 Å². The maximum atomic E-state index is 11.1. The Morgan fingerprint density at radius 3 is 2.38 bits per heavy atom. The van der Waals surface area contributed by atoms with E-state index in [1.807, 2.05) is 0 Å². The molecule has 76 valence electrons. The van der Waals surface area contributed by atoms with Crippen molar-refractivity contribution < 1.29 is 14.7 Å². The van der Waals surface area contributed by atoms with Crippen LogP contribution in [0.1, 0.15) is 20.3 Å². The maximum absolute atomic E-state index is 11.1. The molecule has 0 bridgehead atoms. The van der Waals surface area contributed by atoms with E-state index in [1.165, 1.54) is 11.8 Å². The van der Waals surface area contributed by atoms with Crippen molar-refractivity contribution in [3.8, 4) is 0 Å². The van der Waals surface area contributed by atoms with Crippen molar-refractivity contribution in [2.75, 3.05) is 7.05 Å². The van der Waals surface area contributed by atoms with Crippen LogP contribution in [0, 0.1) is 0 Å². The van der Waals surface area contributed by atoms with E-state index in [4.69, 9.17) is 5.11 Å². The van der Waals surface area contributed by atoms with Crippen LogP contribution < -0.4 is 5.32 Å². The Hall–Kier alpha value is -0.710. The highest BCUT2D eigenvalue weighted by Gasteiger charge is 2.17. The molecule has 0 aliphatic carbocycles. The first-order valence-electron chi connectivity index (χ1n) is 4.06. The standard InChI is InChI=1S/C8H15NO3S/c1-5(4-7(10)11)13-6(2)8(12)9-3/h5-6H,4H2,1-3H3,(H,9,12)(H,10,11).